The Bertz CT molecular complexity index is 753. The van der Waals surface area contributed by atoms with Crippen LogP contribution in [0.15, 0.2) is 18.2 Å². The number of halogens is 3. The van der Waals surface area contributed by atoms with Gasteiger partial charge in [0.05, 0.1) is 17.6 Å². The highest BCUT2D eigenvalue weighted by Crippen LogP contribution is 2.28. The van der Waals surface area contributed by atoms with Crippen LogP contribution in [0.3, 0.4) is 0 Å². The number of alkyl halides is 3. The Balaban J connectivity index is 2.31. The van der Waals surface area contributed by atoms with Crippen molar-refractivity contribution in [2.45, 2.75) is 25.3 Å². The minimum absolute atomic E-state index is 0.0343. The molecule has 0 saturated carbocycles. The summed E-state index contributed by atoms with van der Waals surface area (Å²) in [4.78, 5) is 35.2. The van der Waals surface area contributed by atoms with E-state index in [-0.39, 0.29) is 18.8 Å². The molecular weight excluding hydrogens is 377 g/mol. The Kier molecular flexibility index (Phi) is 5.88. The number of rotatable bonds is 5. The Hall–Kier alpha value is -2.89. The predicted molar refractivity (Wildman–Crippen MR) is 82.5 cm³/mol. The number of morpholine rings is 1. The van der Waals surface area contributed by atoms with Crippen LogP contribution in [-0.2, 0) is 9.53 Å². The molecular formula is C15H15F3N2O7. The molecule has 1 fully saturated rings. The monoisotopic (exact) mass is 392 g/mol. The molecule has 0 bridgehead atoms. The molecule has 0 aliphatic carbocycles. The molecule has 2 atom stereocenters. The maximum atomic E-state index is 12.7. The van der Waals surface area contributed by atoms with Gasteiger partial charge in [-0.05, 0) is 19.1 Å². The molecule has 9 nitrogen and oxygen atoms in total. The number of hydrogen-bond acceptors (Lipinski definition) is 6. The lowest BCUT2D eigenvalue weighted by Crippen LogP contribution is -2.51. The molecule has 0 spiro atoms. The van der Waals surface area contributed by atoms with Gasteiger partial charge in [-0.3, -0.25) is 14.9 Å². The summed E-state index contributed by atoms with van der Waals surface area (Å²) < 4.78 is 46.5. The summed E-state index contributed by atoms with van der Waals surface area (Å²) in [5.41, 5.74) is -1.14. The van der Waals surface area contributed by atoms with E-state index in [0.717, 1.165) is 23.1 Å². The van der Waals surface area contributed by atoms with Gasteiger partial charge >= 0.3 is 12.1 Å². The highest BCUT2D eigenvalue weighted by atomic mass is 19.4. The van der Waals surface area contributed by atoms with Gasteiger partial charge in [0.2, 0.25) is 0 Å². The zero-order valence-electron chi connectivity index (χ0n) is 13.9. The second-order valence-electron chi connectivity index (χ2n) is 5.82. The summed E-state index contributed by atoms with van der Waals surface area (Å²) >= 11 is 0. The van der Waals surface area contributed by atoms with E-state index in [2.05, 4.69) is 4.74 Å². The van der Waals surface area contributed by atoms with Crippen LogP contribution in [0.2, 0.25) is 0 Å². The number of carbonyl (C=O) groups excluding carboxylic acids is 1. The number of carbonyl (C=O) groups is 2. The van der Waals surface area contributed by atoms with E-state index in [1.165, 1.54) is 6.92 Å². The van der Waals surface area contributed by atoms with Crippen molar-refractivity contribution in [2.75, 3.05) is 19.7 Å². The molecule has 1 aliphatic rings. The zero-order valence-corrected chi connectivity index (χ0v) is 13.9. The maximum absolute atomic E-state index is 12.7. The number of aliphatic carboxylic acids is 1. The van der Waals surface area contributed by atoms with Crippen molar-refractivity contribution >= 4 is 17.6 Å². The number of nitro groups is 1. The summed E-state index contributed by atoms with van der Waals surface area (Å²) in [6, 6.07) is 2.64. The zero-order chi connectivity index (χ0) is 20.4. The average Bonchev–Trinajstić information content (AvgIpc) is 2.57. The minimum atomic E-state index is -4.62. The number of carboxylic acid groups (broad SMARTS) is 1. The quantitative estimate of drug-likeness (QED) is 0.600. The van der Waals surface area contributed by atoms with Crippen molar-refractivity contribution in [3.8, 4) is 5.75 Å². The molecule has 1 saturated heterocycles. The number of nitrogens with zero attached hydrogens (tertiary/aromatic N) is 2. The fraction of sp³-hybridized carbons (Fsp3) is 0.467. The van der Waals surface area contributed by atoms with Crippen LogP contribution in [-0.4, -0.2) is 64.9 Å². The molecule has 1 heterocycles. The highest BCUT2D eigenvalue weighted by molar-refractivity contribution is 5.99. The summed E-state index contributed by atoms with van der Waals surface area (Å²) in [7, 11) is 0. The molecule has 1 aromatic rings. The number of hydrogen-bond donors (Lipinski definition) is 1. The van der Waals surface area contributed by atoms with Gasteiger partial charge in [-0.2, -0.15) is 13.2 Å². The topological polar surface area (TPSA) is 119 Å². The van der Waals surface area contributed by atoms with Gasteiger partial charge in [0, 0.05) is 12.6 Å². The number of amides is 1. The normalized spacial score (nSPS) is 20.2. The minimum Gasteiger partial charge on any atom is -0.484 e. The lowest BCUT2D eigenvalue weighted by Gasteiger charge is -2.34. The fourth-order valence-electron chi connectivity index (χ4n) is 2.52. The van der Waals surface area contributed by atoms with Gasteiger partial charge in [0.15, 0.2) is 12.7 Å². The molecule has 2 rings (SSSR count). The molecule has 1 N–H and O–H groups in total. The molecule has 27 heavy (non-hydrogen) atoms. The average molecular weight is 392 g/mol. The van der Waals surface area contributed by atoms with Crippen molar-refractivity contribution in [1.82, 2.24) is 4.90 Å². The van der Waals surface area contributed by atoms with Crippen molar-refractivity contribution in [2.24, 2.45) is 0 Å². The number of benzene rings is 1. The smallest absolute Gasteiger partial charge is 0.422 e. The van der Waals surface area contributed by atoms with Gasteiger partial charge in [0.1, 0.15) is 11.3 Å². The largest absolute Gasteiger partial charge is 0.484 e. The second-order valence-corrected chi connectivity index (χ2v) is 5.82. The van der Waals surface area contributed by atoms with Gasteiger partial charge < -0.3 is 19.5 Å². The van der Waals surface area contributed by atoms with Crippen LogP contribution in [0.25, 0.3) is 0 Å². The first-order valence-corrected chi connectivity index (χ1v) is 7.63. The van der Waals surface area contributed by atoms with E-state index < -0.39 is 53.0 Å². The fourth-order valence-corrected chi connectivity index (χ4v) is 2.52. The molecule has 148 valence electrons. The Morgan fingerprint density at radius 1 is 1.41 bits per heavy atom. The van der Waals surface area contributed by atoms with E-state index in [1.54, 1.807) is 0 Å². The third-order valence-corrected chi connectivity index (χ3v) is 3.62. The van der Waals surface area contributed by atoms with Crippen molar-refractivity contribution < 1.29 is 42.3 Å². The van der Waals surface area contributed by atoms with Crippen molar-refractivity contribution in [3.63, 3.8) is 0 Å². The first-order chi connectivity index (χ1) is 12.5. The van der Waals surface area contributed by atoms with E-state index in [9.17, 15) is 32.9 Å². The summed E-state index contributed by atoms with van der Waals surface area (Å²) in [6.45, 7) is -0.503. The van der Waals surface area contributed by atoms with Crippen LogP contribution in [0, 0.1) is 10.1 Å². The molecule has 1 aromatic carbocycles. The van der Waals surface area contributed by atoms with Crippen LogP contribution in [0.1, 0.15) is 17.3 Å². The van der Waals surface area contributed by atoms with Gasteiger partial charge in [-0.15, -0.1) is 0 Å². The Labute approximate surface area is 150 Å². The van der Waals surface area contributed by atoms with Crippen molar-refractivity contribution in [3.05, 3.63) is 33.9 Å². The van der Waals surface area contributed by atoms with E-state index >= 15 is 0 Å². The molecule has 1 unspecified atom stereocenters. The molecule has 1 amide bonds. The van der Waals surface area contributed by atoms with E-state index in [0.29, 0.717) is 0 Å². The van der Waals surface area contributed by atoms with E-state index in [1.807, 2.05) is 0 Å². The third-order valence-electron chi connectivity index (χ3n) is 3.62. The Morgan fingerprint density at radius 2 is 2.07 bits per heavy atom. The summed E-state index contributed by atoms with van der Waals surface area (Å²) in [6.07, 6.45) is -6.59. The molecule has 1 aliphatic heterocycles. The Morgan fingerprint density at radius 3 is 2.63 bits per heavy atom. The molecule has 0 radical (unpaired) electrons. The van der Waals surface area contributed by atoms with Crippen LogP contribution < -0.4 is 4.74 Å². The predicted octanol–water partition coefficient (Wildman–Crippen LogP) is 1.85. The van der Waals surface area contributed by atoms with Crippen LogP contribution >= 0.6 is 0 Å². The lowest BCUT2D eigenvalue weighted by atomic mass is 10.1. The standard InChI is InChI=1S/C15H15F3N2O7/c1-8-5-19(6-12(27-8)14(22)23)13(21)10-4-9(26-7-15(16,17)18)2-3-11(10)20(24)25/h2-4,8,12H,5-7H2,1H3,(H,22,23)/t8-,12?/m1/s1. The molecule has 12 heteroatoms. The van der Waals surface area contributed by atoms with Crippen LogP contribution in [0.4, 0.5) is 18.9 Å². The first-order valence-electron chi connectivity index (χ1n) is 7.63. The summed E-state index contributed by atoms with van der Waals surface area (Å²) in [5.74, 6) is -2.59. The SMILES string of the molecule is C[C@@H]1CN(C(=O)c2cc(OCC(F)(F)F)ccc2[N+](=O)[O-])CC(C(=O)O)O1. The number of carboxylic acids is 1. The maximum Gasteiger partial charge on any atom is 0.422 e. The number of nitro benzene ring substituents is 1. The van der Waals surface area contributed by atoms with Gasteiger partial charge in [-0.1, -0.05) is 0 Å². The molecule has 0 aromatic heterocycles. The van der Waals surface area contributed by atoms with Gasteiger partial charge in [-0.25, -0.2) is 4.79 Å². The second kappa shape index (κ2) is 7.78. The highest BCUT2D eigenvalue weighted by Gasteiger charge is 2.35. The van der Waals surface area contributed by atoms with Crippen LogP contribution in [0.5, 0.6) is 5.75 Å². The lowest BCUT2D eigenvalue weighted by molar-refractivity contribution is -0.385. The van der Waals surface area contributed by atoms with Gasteiger partial charge in [0.25, 0.3) is 11.6 Å². The summed E-state index contributed by atoms with van der Waals surface area (Å²) in [5, 5.41) is 20.2. The number of ether oxygens (including phenoxy) is 2. The van der Waals surface area contributed by atoms with E-state index in [4.69, 9.17) is 9.84 Å². The third kappa shape index (κ3) is 5.29. The first kappa shape index (κ1) is 20.4. The van der Waals surface area contributed by atoms with Crippen molar-refractivity contribution in [1.29, 1.82) is 0 Å².